The predicted octanol–water partition coefficient (Wildman–Crippen LogP) is 2.55. The highest BCUT2D eigenvalue weighted by Crippen LogP contribution is 2.25. The van der Waals surface area contributed by atoms with Crippen molar-refractivity contribution in [3.8, 4) is 5.75 Å². The highest BCUT2D eigenvalue weighted by molar-refractivity contribution is 6.29. The summed E-state index contributed by atoms with van der Waals surface area (Å²) in [6.07, 6.45) is 2.32. The number of fused-ring (bicyclic) bond motifs is 1. The summed E-state index contributed by atoms with van der Waals surface area (Å²) in [7, 11) is 3.59. The summed E-state index contributed by atoms with van der Waals surface area (Å²) >= 11 is 6.26. The van der Waals surface area contributed by atoms with Crippen LogP contribution in [0.1, 0.15) is 22.5 Å². The molecule has 1 unspecified atom stereocenters. The van der Waals surface area contributed by atoms with Gasteiger partial charge in [-0.05, 0) is 24.1 Å². The zero-order valence-electron chi connectivity index (χ0n) is 16.3. The molecule has 0 spiro atoms. The quantitative estimate of drug-likeness (QED) is 0.666. The number of halogens is 1. The van der Waals surface area contributed by atoms with E-state index in [-0.39, 0.29) is 17.1 Å². The van der Waals surface area contributed by atoms with Gasteiger partial charge < -0.3 is 19.7 Å². The molecule has 3 heterocycles. The van der Waals surface area contributed by atoms with E-state index in [1.807, 2.05) is 36.2 Å². The summed E-state index contributed by atoms with van der Waals surface area (Å²) in [6.45, 7) is 1.81. The van der Waals surface area contributed by atoms with Crippen molar-refractivity contribution in [2.75, 3.05) is 32.3 Å². The molecule has 2 aromatic heterocycles. The monoisotopic (exact) mass is 415 g/mol. The molecule has 0 radical (unpaired) electrons. The van der Waals surface area contributed by atoms with E-state index in [0.717, 1.165) is 23.4 Å². The van der Waals surface area contributed by atoms with Crippen molar-refractivity contribution in [1.29, 1.82) is 0 Å². The average Bonchev–Trinajstić information content (AvgIpc) is 3.37. The number of ether oxygens (including phenoxy) is 2. The van der Waals surface area contributed by atoms with Gasteiger partial charge in [0.15, 0.2) is 16.5 Å². The van der Waals surface area contributed by atoms with Crippen molar-refractivity contribution in [3.05, 3.63) is 52.9 Å². The van der Waals surface area contributed by atoms with Crippen LogP contribution in [0.3, 0.4) is 0 Å². The molecule has 4 rings (SSSR count). The van der Waals surface area contributed by atoms with Crippen molar-refractivity contribution < 1.29 is 14.3 Å². The van der Waals surface area contributed by atoms with Crippen LogP contribution in [-0.2, 0) is 11.3 Å². The smallest absolute Gasteiger partial charge is 0.271 e. The molecule has 8 nitrogen and oxygen atoms in total. The lowest BCUT2D eigenvalue weighted by molar-refractivity contribution is 0.0923. The summed E-state index contributed by atoms with van der Waals surface area (Å²) in [5, 5.41) is 7.53. The third kappa shape index (κ3) is 4.13. The zero-order chi connectivity index (χ0) is 20.4. The topological polar surface area (TPSA) is 81.0 Å². The maximum atomic E-state index is 12.7. The molecule has 1 N–H and O–H groups in total. The molecule has 1 fully saturated rings. The minimum absolute atomic E-state index is 0.00412. The molecule has 1 saturated heterocycles. The summed E-state index contributed by atoms with van der Waals surface area (Å²) < 4.78 is 12.0. The Bertz CT molecular complexity index is 1010. The number of imidazole rings is 1. The number of nitrogens with zero attached hydrogens (tertiary/aromatic N) is 4. The van der Waals surface area contributed by atoms with E-state index in [0.29, 0.717) is 31.1 Å². The highest BCUT2D eigenvalue weighted by atomic mass is 35.5. The Morgan fingerprint density at radius 3 is 2.90 bits per heavy atom. The first kappa shape index (κ1) is 19.5. The van der Waals surface area contributed by atoms with Gasteiger partial charge in [0, 0.05) is 26.3 Å². The van der Waals surface area contributed by atoms with Gasteiger partial charge in [-0.2, -0.15) is 5.10 Å². The Labute approximate surface area is 173 Å². The number of methoxy groups -OCH3 is 1. The average molecular weight is 416 g/mol. The number of carbonyl (C=O) groups excluding carboxylic acids is 1. The van der Waals surface area contributed by atoms with Crippen LogP contribution in [0.4, 0.5) is 5.69 Å². The van der Waals surface area contributed by atoms with Crippen LogP contribution in [0.5, 0.6) is 5.75 Å². The fourth-order valence-corrected chi connectivity index (χ4v) is 3.54. The second-order valence-corrected chi connectivity index (χ2v) is 7.36. The Hall–Kier alpha value is -2.84. The second kappa shape index (κ2) is 8.26. The molecule has 29 heavy (non-hydrogen) atoms. The number of rotatable bonds is 6. The van der Waals surface area contributed by atoms with E-state index in [1.165, 1.54) is 10.7 Å². The molecule has 1 aliphatic rings. The summed E-state index contributed by atoms with van der Waals surface area (Å²) in [4.78, 5) is 19.1. The molecule has 0 aliphatic carbocycles. The Morgan fingerprint density at radius 1 is 1.41 bits per heavy atom. The van der Waals surface area contributed by atoms with Gasteiger partial charge in [-0.25, -0.2) is 9.50 Å². The van der Waals surface area contributed by atoms with Gasteiger partial charge >= 0.3 is 0 Å². The molecule has 0 bridgehead atoms. The normalized spacial score (nSPS) is 16.2. The Morgan fingerprint density at radius 2 is 2.21 bits per heavy atom. The number of hydrogen-bond acceptors (Lipinski definition) is 6. The number of benzene rings is 1. The predicted molar refractivity (Wildman–Crippen MR) is 110 cm³/mol. The van der Waals surface area contributed by atoms with E-state index in [2.05, 4.69) is 15.4 Å². The molecule has 3 aromatic rings. The van der Waals surface area contributed by atoms with Crippen molar-refractivity contribution in [1.82, 2.24) is 19.9 Å². The first-order valence-corrected chi connectivity index (χ1v) is 9.70. The fourth-order valence-electron chi connectivity index (χ4n) is 3.36. The molecule has 0 saturated carbocycles. The molecule has 1 atom stereocenters. The van der Waals surface area contributed by atoms with Crippen molar-refractivity contribution in [3.63, 3.8) is 0 Å². The fraction of sp³-hybridized carbons (Fsp3) is 0.350. The number of carbonyl (C=O) groups is 1. The van der Waals surface area contributed by atoms with E-state index in [4.69, 9.17) is 21.1 Å². The minimum atomic E-state index is -0.244. The van der Waals surface area contributed by atoms with Gasteiger partial charge in [0.25, 0.3) is 5.91 Å². The third-order valence-corrected chi connectivity index (χ3v) is 5.09. The first-order chi connectivity index (χ1) is 14.0. The van der Waals surface area contributed by atoms with E-state index >= 15 is 0 Å². The van der Waals surface area contributed by atoms with E-state index < -0.39 is 0 Å². The summed E-state index contributed by atoms with van der Waals surface area (Å²) in [6, 6.07) is 9.60. The van der Waals surface area contributed by atoms with Crippen LogP contribution in [0, 0.1) is 0 Å². The van der Waals surface area contributed by atoms with Gasteiger partial charge in [0.2, 0.25) is 0 Å². The molecule has 1 aliphatic heterocycles. The standard InChI is InChI=1S/C20H22ClN5O3/c1-25(11-13-3-5-15(28-2)6-4-13)16-9-18(21)24-26-17(10-22-19(16)26)20(27)23-14-7-8-29-12-14/h3-6,9-10,14H,7-8,11-12H2,1-2H3,(H,23,27). The Balaban J connectivity index is 1.60. The third-order valence-electron chi connectivity index (χ3n) is 4.91. The maximum absolute atomic E-state index is 12.7. The lowest BCUT2D eigenvalue weighted by atomic mass is 10.2. The van der Waals surface area contributed by atoms with Crippen LogP contribution in [0.25, 0.3) is 5.65 Å². The first-order valence-electron chi connectivity index (χ1n) is 9.32. The SMILES string of the molecule is COc1ccc(CN(C)c2cc(Cl)nn3c(C(=O)NC4CCOC4)cnc23)cc1. The number of amides is 1. The number of nitrogens with one attached hydrogen (secondary N) is 1. The van der Waals surface area contributed by atoms with Gasteiger partial charge in [-0.1, -0.05) is 23.7 Å². The second-order valence-electron chi connectivity index (χ2n) is 6.97. The van der Waals surface area contributed by atoms with Crippen LogP contribution in [0.15, 0.2) is 36.5 Å². The Kier molecular flexibility index (Phi) is 5.55. The molecule has 1 amide bonds. The summed E-state index contributed by atoms with van der Waals surface area (Å²) in [5.74, 6) is 0.564. The van der Waals surface area contributed by atoms with Gasteiger partial charge in [0.1, 0.15) is 5.75 Å². The van der Waals surface area contributed by atoms with Crippen LogP contribution >= 0.6 is 11.6 Å². The van der Waals surface area contributed by atoms with E-state index in [1.54, 1.807) is 13.2 Å². The van der Waals surface area contributed by atoms with Crippen molar-refractivity contribution >= 4 is 28.8 Å². The van der Waals surface area contributed by atoms with Gasteiger partial charge in [-0.3, -0.25) is 4.79 Å². The lowest BCUT2D eigenvalue weighted by Crippen LogP contribution is -2.35. The summed E-state index contributed by atoms with van der Waals surface area (Å²) in [5.41, 5.74) is 2.79. The maximum Gasteiger partial charge on any atom is 0.271 e. The largest absolute Gasteiger partial charge is 0.497 e. The van der Waals surface area contributed by atoms with Crippen LogP contribution < -0.4 is 15.0 Å². The van der Waals surface area contributed by atoms with Crippen molar-refractivity contribution in [2.45, 2.75) is 19.0 Å². The molecular formula is C20H22ClN5O3. The van der Waals surface area contributed by atoms with Crippen LogP contribution in [0.2, 0.25) is 5.15 Å². The number of hydrogen-bond donors (Lipinski definition) is 1. The number of aromatic nitrogens is 3. The zero-order valence-corrected chi connectivity index (χ0v) is 17.0. The minimum Gasteiger partial charge on any atom is -0.497 e. The van der Waals surface area contributed by atoms with Gasteiger partial charge in [0.05, 0.1) is 31.6 Å². The van der Waals surface area contributed by atoms with Crippen molar-refractivity contribution in [2.24, 2.45) is 0 Å². The van der Waals surface area contributed by atoms with Crippen LogP contribution in [-0.4, -0.2) is 53.9 Å². The molecule has 1 aromatic carbocycles. The molecule has 9 heteroatoms. The lowest BCUT2D eigenvalue weighted by Gasteiger charge is -2.20. The molecular weight excluding hydrogens is 394 g/mol. The highest BCUT2D eigenvalue weighted by Gasteiger charge is 2.23. The van der Waals surface area contributed by atoms with E-state index in [9.17, 15) is 4.79 Å². The molecule has 152 valence electrons. The van der Waals surface area contributed by atoms with Gasteiger partial charge in [-0.15, -0.1) is 0 Å². The number of anilines is 1.